The zero-order valence-corrected chi connectivity index (χ0v) is 15.9. The van der Waals surface area contributed by atoms with Crippen molar-refractivity contribution < 1.29 is 14.3 Å². The highest BCUT2D eigenvalue weighted by molar-refractivity contribution is 5.94. The predicted octanol–water partition coefficient (Wildman–Crippen LogP) is 1.08. The molecular weight excluding hydrogens is 342 g/mol. The molecule has 4 aliphatic heterocycles. The molecular formula is C21H29N3O3. The molecule has 0 unspecified atom stereocenters. The van der Waals surface area contributed by atoms with Crippen molar-refractivity contribution in [2.24, 2.45) is 0 Å². The van der Waals surface area contributed by atoms with E-state index in [1.54, 1.807) is 0 Å². The number of benzene rings is 1. The fourth-order valence-electron chi connectivity index (χ4n) is 5.41. The molecule has 1 atom stereocenters. The Labute approximate surface area is 161 Å². The molecule has 0 bridgehead atoms. The van der Waals surface area contributed by atoms with E-state index in [1.807, 2.05) is 30.3 Å². The van der Waals surface area contributed by atoms with Crippen LogP contribution in [0.1, 0.15) is 23.2 Å². The van der Waals surface area contributed by atoms with Crippen LogP contribution < -0.4 is 0 Å². The summed E-state index contributed by atoms with van der Waals surface area (Å²) in [7, 11) is 0. The number of nitrogens with zero attached hydrogens (tertiary/aromatic N) is 3. The number of ether oxygens (including phenoxy) is 2. The third-order valence-corrected chi connectivity index (χ3v) is 6.76. The van der Waals surface area contributed by atoms with Crippen LogP contribution in [0, 0.1) is 0 Å². The van der Waals surface area contributed by atoms with Gasteiger partial charge < -0.3 is 14.4 Å². The summed E-state index contributed by atoms with van der Waals surface area (Å²) in [6, 6.07) is 10.7. The van der Waals surface area contributed by atoms with E-state index >= 15 is 0 Å². The summed E-state index contributed by atoms with van der Waals surface area (Å²) in [4.78, 5) is 20.5. The van der Waals surface area contributed by atoms with Crippen LogP contribution in [0.4, 0.5) is 0 Å². The van der Waals surface area contributed by atoms with Gasteiger partial charge in [0.25, 0.3) is 5.91 Å². The third kappa shape index (κ3) is 3.18. The minimum Gasteiger partial charge on any atom is -0.381 e. The second-order valence-electron chi connectivity index (χ2n) is 8.45. The number of morpholine rings is 1. The van der Waals surface area contributed by atoms with Crippen LogP contribution in [-0.4, -0.2) is 97.4 Å². The molecule has 5 rings (SSSR count). The molecule has 1 aromatic carbocycles. The normalized spacial score (nSPS) is 29.3. The molecule has 4 heterocycles. The Morgan fingerprint density at radius 1 is 0.963 bits per heavy atom. The van der Waals surface area contributed by atoms with Crippen molar-refractivity contribution in [3.63, 3.8) is 0 Å². The third-order valence-electron chi connectivity index (χ3n) is 6.76. The van der Waals surface area contributed by atoms with Gasteiger partial charge in [-0.25, -0.2) is 0 Å². The Morgan fingerprint density at radius 3 is 2.52 bits per heavy atom. The summed E-state index contributed by atoms with van der Waals surface area (Å²) in [5.74, 6) is 0.157. The van der Waals surface area contributed by atoms with Gasteiger partial charge in [-0.05, 0) is 25.0 Å². The van der Waals surface area contributed by atoms with E-state index in [9.17, 15) is 4.79 Å². The number of likely N-dealkylation sites (tertiary alicyclic amines) is 1. The monoisotopic (exact) mass is 371 g/mol. The van der Waals surface area contributed by atoms with Crippen LogP contribution in [0.25, 0.3) is 0 Å². The van der Waals surface area contributed by atoms with Crippen molar-refractivity contribution in [1.82, 2.24) is 14.7 Å². The summed E-state index contributed by atoms with van der Waals surface area (Å²) in [5.41, 5.74) is 0.883. The van der Waals surface area contributed by atoms with Crippen LogP contribution in [0.2, 0.25) is 0 Å². The number of rotatable bonds is 2. The molecule has 146 valence electrons. The molecule has 27 heavy (non-hydrogen) atoms. The molecule has 1 aromatic rings. The van der Waals surface area contributed by atoms with Crippen LogP contribution >= 0.6 is 0 Å². The van der Waals surface area contributed by atoms with Gasteiger partial charge >= 0.3 is 0 Å². The highest BCUT2D eigenvalue weighted by Crippen LogP contribution is 2.38. The Balaban J connectivity index is 1.34. The first kappa shape index (κ1) is 17.6. The maximum atomic E-state index is 13.1. The molecule has 6 heteroatoms. The Hall–Kier alpha value is -1.47. The van der Waals surface area contributed by atoms with Crippen LogP contribution in [0.3, 0.4) is 0 Å². The minimum atomic E-state index is 0.0927. The van der Waals surface area contributed by atoms with Crippen LogP contribution in [0.15, 0.2) is 30.3 Å². The number of carbonyl (C=O) groups is 1. The smallest absolute Gasteiger partial charge is 0.253 e. The second-order valence-corrected chi connectivity index (χ2v) is 8.45. The van der Waals surface area contributed by atoms with Crippen LogP contribution in [-0.2, 0) is 9.47 Å². The zero-order chi connectivity index (χ0) is 18.3. The number of fused-ring (bicyclic) bond motifs is 2. The molecule has 0 aliphatic carbocycles. The van der Waals surface area contributed by atoms with E-state index in [-0.39, 0.29) is 11.4 Å². The van der Waals surface area contributed by atoms with Crippen LogP contribution in [0.5, 0.6) is 0 Å². The van der Waals surface area contributed by atoms with E-state index in [1.165, 1.54) is 0 Å². The van der Waals surface area contributed by atoms with Crippen molar-refractivity contribution >= 4 is 5.91 Å². The highest BCUT2D eigenvalue weighted by atomic mass is 16.5. The number of piperazine rings is 1. The van der Waals surface area contributed by atoms with Crippen molar-refractivity contribution in [3.8, 4) is 0 Å². The van der Waals surface area contributed by atoms with Gasteiger partial charge in [0.1, 0.15) is 0 Å². The molecule has 0 N–H and O–H groups in total. The van der Waals surface area contributed by atoms with E-state index in [0.29, 0.717) is 12.1 Å². The summed E-state index contributed by atoms with van der Waals surface area (Å²) < 4.78 is 11.3. The number of amides is 1. The second kappa shape index (κ2) is 7.17. The van der Waals surface area contributed by atoms with Gasteiger partial charge in [-0.3, -0.25) is 14.6 Å². The van der Waals surface area contributed by atoms with Gasteiger partial charge in [0.05, 0.1) is 24.8 Å². The van der Waals surface area contributed by atoms with Gasteiger partial charge in [-0.15, -0.1) is 0 Å². The Bertz CT molecular complexity index is 671. The largest absolute Gasteiger partial charge is 0.381 e. The van der Waals surface area contributed by atoms with Gasteiger partial charge in [-0.1, -0.05) is 18.2 Å². The lowest BCUT2D eigenvalue weighted by Crippen LogP contribution is -2.81. The number of hydrogen-bond donors (Lipinski definition) is 0. The molecule has 4 aliphatic rings. The van der Waals surface area contributed by atoms with E-state index in [4.69, 9.17) is 9.47 Å². The fourth-order valence-corrected chi connectivity index (χ4v) is 5.41. The SMILES string of the molecule is O=C(c1ccccc1)N1C[C@@H]2COCCN2C2(C1)CN(C1CCOCC1)C2. The first-order chi connectivity index (χ1) is 13.3. The van der Waals surface area contributed by atoms with Gasteiger partial charge in [-0.2, -0.15) is 0 Å². The predicted molar refractivity (Wildman–Crippen MR) is 102 cm³/mol. The lowest BCUT2D eigenvalue weighted by molar-refractivity contribution is -0.171. The van der Waals surface area contributed by atoms with Crippen molar-refractivity contribution in [2.45, 2.75) is 30.5 Å². The lowest BCUT2D eigenvalue weighted by atomic mass is 9.80. The molecule has 0 aromatic heterocycles. The first-order valence-electron chi connectivity index (χ1n) is 10.3. The van der Waals surface area contributed by atoms with Gasteiger partial charge in [0.15, 0.2) is 0 Å². The summed E-state index contributed by atoms with van der Waals surface area (Å²) in [6.07, 6.45) is 2.27. The van der Waals surface area contributed by atoms with Gasteiger partial charge in [0, 0.05) is 57.5 Å². The highest BCUT2D eigenvalue weighted by Gasteiger charge is 2.56. The molecule has 4 fully saturated rings. The maximum absolute atomic E-state index is 13.1. The summed E-state index contributed by atoms with van der Waals surface area (Å²) >= 11 is 0. The summed E-state index contributed by atoms with van der Waals surface area (Å²) in [6.45, 7) is 8.02. The fraction of sp³-hybridized carbons (Fsp3) is 0.667. The molecule has 4 saturated heterocycles. The average molecular weight is 371 g/mol. The Morgan fingerprint density at radius 2 is 1.74 bits per heavy atom. The van der Waals surface area contributed by atoms with E-state index < -0.39 is 0 Å². The minimum absolute atomic E-state index is 0.0927. The Kier molecular flexibility index (Phi) is 4.68. The molecule has 1 amide bonds. The van der Waals surface area contributed by atoms with E-state index in [0.717, 1.165) is 77.6 Å². The molecule has 1 spiro atoms. The molecule has 6 nitrogen and oxygen atoms in total. The van der Waals surface area contributed by atoms with Crippen molar-refractivity contribution in [3.05, 3.63) is 35.9 Å². The number of carbonyl (C=O) groups excluding carboxylic acids is 1. The number of hydrogen-bond acceptors (Lipinski definition) is 5. The molecule has 0 radical (unpaired) electrons. The maximum Gasteiger partial charge on any atom is 0.253 e. The van der Waals surface area contributed by atoms with E-state index in [2.05, 4.69) is 14.7 Å². The van der Waals surface area contributed by atoms with Gasteiger partial charge in [0.2, 0.25) is 0 Å². The van der Waals surface area contributed by atoms with Crippen molar-refractivity contribution in [1.29, 1.82) is 0 Å². The summed E-state index contributed by atoms with van der Waals surface area (Å²) in [5, 5.41) is 0. The topological polar surface area (TPSA) is 45.2 Å². The average Bonchev–Trinajstić information content (AvgIpc) is 2.72. The quantitative estimate of drug-likeness (QED) is 0.778. The zero-order valence-electron chi connectivity index (χ0n) is 15.9. The first-order valence-corrected chi connectivity index (χ1v) is 10.3. The van der Waals surface area contributed by atoms with Crippen molar-refractivity contribution in [2.75, 3.05) is 59.2 Å². The molecule has 0 saturated carbocycles. The standard InChI is InChI=1S/C21H29N3O3/c25-20(17-4-2-1-3-5-17)22-12-19-13-27-11-8-24(19)21(14-22)15-23(16-21)18-6-9-26-10-7-18/h1-5,18-19H,6-16H2/t19-/m1/s1. The lowest BCUT2D eigenvalue weighted by Gasteiger charge is -2.64.